The number of hydrogen-bond donors (Lipinski definition) is 2. The molecule has 49 heavy (non-hydrogen) atoms. The van der Waals surface area contributed by atoms with Crippen molar-refractivity contribution in [3.8, 4) is 0 Å². The third-order valence-corrected chi connectivity index (χ3v) is 12.7. The Morgan fingerprint density at radius 3 is 1.86 bits per heavy atom. The molecule has 0 saturated carbocycles. The number of hydrogen-bond acceptors (Lipinski definition) is 9. The molecule has 4 aromatic carbocycles. The van der Waals surface area contributed by atoms with Crippen molar-refractivity contribution in [3.63, 3.8) is 0 Å². The minimum atomic E-state index is -4.36. The Morgan fingerprint density at radius 2 is 1.24 bits per heavy atom. The van der Waals surface area contributed by atoms with Crippen LogP contribution in [-0.2, 0) is 34.8 Å². The Morgan fingerprint density at radius 1 is 0.694 bits per heavy atom. The molecule has 2 N–H and O–H groups in total. The number of carbonyl (C=O) groups excluding carboxylic acids is 2. The molecule has 0 bridgehead atoms. The fourth-order valence-electron chi connectivity index (χ4n) is 4.64. The van der Waals surface area contributed by atoms with E-state index in [9.17, 15) is 34.8 Å². The largest absolute Gasteiger partial charge is 0.465 e. The summed E-state index contributed by atoms with van der Waals surface area (Å²) in [6.07, 6.45) is 0. The van der Waals surface area contributed by atoms with Crippen LogP contribution < -0.4 is 14.3 Å². The van der Waals surface area contributed by atoms with Gasteiger partial charge in [0.25, 0.3) is 15.9 Å². The number of sulfonamides is 3. The second-order valence-corrected chi connectivity index (χ2v) is 16.4. The van der Waals surface area contributed by atoms with Crippen LogP contribution in [-0.4, -0.2) is 81.8 Å². The van der Waals surface area contributed by atoms with Crippen LogP contribution in [0.2, 0.25) is 5.02 Å². The Kier molecular flexibility index (Phi) is 12.2. The monoisotopic (exact) mass is 748 g/mol. The highest BCUT2D eigenvalue weighted by molar-refractivity contribution is 7.93. The second kappa shape index (κ2) is 15.9. The quantitative estimate of drug-likeness (QED) is 0.173. The zero-order valence-corrected chi connectivity index (χ0v) is 29.5. The van der Waals surface area contributed by atoms with E-state index in [1.807, 2.05) is 0 Å². The highest BCUT2D eigenvalue weighted by Gasteiger charge is 2.31. The van der Waals surface area contributed by atoms with Gasteiger partial charge in [-0.15, -0.1) is 0 Å². The van der Waals surface area contributed by atoms with Crippen LogP contribution >= 0.6 is 11.6 Å². The zero-order valence-electron chi connectivity index (χ0n) is 26.3. The van der Waals surface area contributed by atoms with Crippen LogP contribution in [0, 0.1) is 0 Å². The summed E-state index contributed by atoms with van der Waals surface area (Å²) in [6.45, 7) is -1.06. The van der Waals surface area contributed by atoms with Crippen molar-refractivity contribution < 1.29 is 39.6 Å². The Balaban J connectivity index is 1.49. The van der Waals surface area contributed by atoms with Gasteiger partial charge in [-0.1, -0.05) is 54.1 Å². The second-order valence-electron chi connectivity index (χ2n) is 10.3. The summed E-state index contributed by atoms with van der Waals surface area (Å²) in [5, 5.41) is 2.94. The lowest BCUT2D eigenvalue weighted by Crippen LogP contribution is -2.40. The van der Waals surface area contributed by atoms with E-state index in [4.69, 9.17) is 16.3 Å². The number of rotatable bonds is 15. The van der Waals surface area contributed by atoms with E-state index >= 15 is 0 Å². The van der Waals surface area contributed by atoms with E-state index in [-0.39, 0.29) is 57.7 Å². The van der Waals surface area contributed by atoms with Gasteiger partial charge in [0.1, 0.15) is 4.90 Å². The van der Waals surface area contributed by atoms with Crippen molar-refractivity contribution in [1.29, 1.82) is 0 Å². The van der Waals surface area contributed by atoms with Gasteiger partial charge in [0.2, 0.25) is 20.0 Å². The minimum Gasteiger partial charge on any atom is -0.465 e. The Hall–Kier alpha value is -4.32. The lowest BCUT2D eigenvalue weighted by Gasteiger charge is -2.25. The number of likely N-dealkylation sites (N-methyl/N-ethyl adjacent to an activating group) is 1. The Labute approximate surface area is 290 Å². The van der Waals surface area contributed by atoms with Crippen molar-refractivity contribution in [1.82, 2.24) is 14.3 Å². The molecule has 4 aromatic rings. The molecule has 0 unspecified atom stereocenters. The minimum absolute atomic E-state index is 0.0456. The van der Waals surface area contributed by atoms with Crippen molar-refractivity contribution in [2.75, 3.05) is 44.6 Å². The maximum atomic E-state index is 13.9. The highest BCUT2D eigenvalue weighted by atomic mass is 35.5. The van der Waals surface area contributed by atoms with Crippen molar-refractivity contribution >= 4 is 59.2 Å². The van der Waals surface area contributed by atoms with Gasteiger partial charge >= 0.3 is 5.97 Å². The van der Waals surface area contributed by atoms with Gasteiger partial charge in [0.15, 0.2) is 0 Å². The van der Waals surface area contributed by atoms with Gasteiger partial charge in [0.05, 0.1) is 40.3 Å². The Bertz CT molecular complexity index is 2130. The molecule has 4 rings (SSSR count). The van der Waals surface area contributed by atoms with Gasteiger partial charge in [0, 0.05) is 31.7 Å². The first-order chi connectivity index (χ1) is 23.2. The first-order valence-electron chi connectivity index (χ1n) is 14.5. The van der Waals surface area contributed by atoms with E-state index in [1.54, 1.807) is 30.3 Å². The fraction of sp³-hybridized carbons (Fsp3) is 0.188. The van der Waals surface area contributed by atoms with Gasteiger partial charge in [-0.3, -0.25) is 9.10 Å². The van der Waals surface area contributed by atoms with Crippen molar-refractivity contribution in [2.45, 2.75) is 14.7 Å². The number of anilines is 1. The fourth-order valence-corrected chi connectivity index (χ4v) is 8.79. The summed E-state index contributed by atoms with van der Waals surface area (Å²) in [6, 6.07) is 24.5. The van der Waals surface area contributed by atoms with Crippen LogP contribution in [0.25, 0.3) is 0 Å². The number of esters is 1. The molecular formula is C32H33ClN4O9S3. The predicted molar refractivity (Wildman–Crippen MR) is 184 cm³/mol. The average molecular weight is 749 g/mol. The van der Waals surface area contributed by atoms with E-state index in [1.165, 1.54) is 79.8 Å². The van der Waals surface area contributed by atoms with E-state index < -0.39 is 41.9 Å². The van der Waals surface area contributed by atoms with Crippen LogP contribution in [0.5, 0.6) is 0 Å². The number of nitrogens with zero attached hydrogens (tertiary/aromatic N) is 2. The standard InChI is InChI=1S/C32H33ClN4O9S3/c1-36(22-21-35-47(40,41)26-18-16-24(33)17-19-26)48(42,43)29-14-8-6-12-27(29)31(38)34-20-23-37(25-10-4-3-5-11-25)49(44,45)30-15-9-7-13-28(30)32(39)46-2/h3-19,35H,20-23H2,1-2H3,(H,34,38). The number of halogens is 1. The molecule has 0 aliphatic rings. The van der Waals surface area contributed by atoms with Crippen LogP contribution in [0.15, 0.2) is 118 Å². The average Bonchev–Trinajstić information content (AvgIpc) is 3.10. The highest BCUT2D eigenvalue weighted by Crippen LogP contribution is 2.26. The molecule has 0 spiro atoms. The zero-order chi connectivity index (χ0) is 35.8. The third-order valence-electron chi connectivity index (χ3n) is 7.17. The maximum absolute atomic E-state index is 13.9. The van der Waals surface area contributed by atoms with Gasteiger partial charge in [-0.2, -0.15) is 4.31 Å². The lowest BCUT2D eigenvalue weighted by molar-refractivity contribution is 0.0596. The molecule has 1 amide bonds. The topological polar surface area (TPSA) is 176 Å². The third kappa shape index (κ3) is 8.83. The normalized spacial score (nSPS) is 12.0. The number of benzene rings is 4. The summed E-state index contributed by atoms with van der Waals surface area (Å²) in [5.74, 6) is -1.64. The summed E-state index contributed by atoms with van der Waals surface area (Å²) in [7, 11) is -10.2. The van der Waals surface area contributed by atoms with Gasteiger partial charge in [-0.05, 0) is 60.7 Å². The van der Waals surface area contributed by atoms with Gasteiger partial charge in [-0.25, -0.2) is 34.8 Å². The first kappa shape index (κ1) is 37.5. The van der Waals surface area contributed by atoms with Crippen LogP contribution in [0.1, 0.15) is 20.7 Å². The summed E-state index contributed by atoms with van der Waals surface area (Å²) in [4.78, 5) is 25.1. The number of methoxy groups -OCH3 is 1. The number of para-hydroxylation sites is 1. The van der Waals surface area contributed by atoms with Crippen LogP contribution in [0.3, 0.4) is 0 Å². The maximum Gasteiger partial charge on any atom is 0.339 e. The molecule has 0 atom stereocenters. The molecule has 17 heteroatoms. The van der Waals surface area contributed by atoms with E-state index in [0.29, 0.717) is 5.02 Å². The summed E-state index contributed by atoms with van der Waals surface area (Å²) < 4.78 is 89.0. The molecule has 0 heterocycles. The van der Waals surface area contributed by atoms with Crippen LogP contribution in [0.4, 0.5) is 5.69 Å². The summed E-state index contributed by atoms with van der Waals surface area (Å²) >= 11 is 5.82. The molecule has 0 radical (unpaired) electrons. The molecule has 0 saturated heterocycles. The molecule has 0 aromatic heterocycles. The molecule has 0 fully saturated rings. The molecular weight excluding hydrogens is 716 g/mol. The van der Waals surface area contributed by atoms with Crippen molar-refractivity contribution in [2.24, 2.45) is 0 Å². The number of nitrogens with one attached hydrogen (secondary N) is 2. The van der Waals surface area contributed by atoms with Gasteiger partial charge < -0.3 is 10.1 Å². The predicted octanol–water partition coefficient (Wildman–Crippen LogP) is 3.35. The molecule has 13 nitrogen and oxygen atoms in total. The summed E-state index contributed by atoms with van der Waals surface area (Å²) in [5.41, 5.74) is -0.120. The lowest BCUT2D eigenvalue weighted by atomic mass is 10.2. The molecule has 0 aliphatic carbocycles. The van der Waals surface area contributed by atoms with Crippen molar-refractivity contribution in [3.05, 3.63) is 119 Å². The number of ether oxygens (including phenoxy) is 1. The molecule has 0 aliphatic heterocycles. The first-order valence-corrected chi connectivity index (χ1v) is 19.3. The number of amides is 1. The molecule has 260 valence electrons. The van der Waals surface area contributed by atoms with E-state index in [2.05, 4.69) is 10.0 Å². The van der Waals surface area contributed by atoms with E-state index in [0.717, 1.165) is 15.7 Å². The number of carbonyl (C=O) groups is 2. The SMILES string of the molecule is COC(=O)c1ccccc1S(=O)(=O)N(CCNC(=O)c1ccccc1S(=O)(=O)N(C)CCNS(=O)(=O)c1ccc(Cl)cc1)c1ccccc1. The smallest absolute Gasteiger partial charge is 0.339 e.